The summed E-state index contributed by atoms with van der Waals surface area (Å²) in [7, 11) is 0. The van der Waals surface area contributed by atoms with E-state index >= 15 is 0 Å². The summed E-state index contributed by atoms with van der Waals surface area (Å²) in [5, 5.41) is 12.4. The second kappa shape index (κ2) is 6.88. The molecule has 1 rings (SSSR count). The summed E-state index contributed by atoms with van der Waals surface area (Å²) in [6.07, 6.45) is 3.92. The Labute approximate surface area is 99.8 Å². The minimum atomic E-state index is -0.0180. The molecule has 3 heteroatoms. The van der Waals surface area contributed by atoms with Gasteiger partial charge in [0.1, 0.15) is 6.04 Å². The van der Waals surface area contributed by atoms with Gasteiger partial charge in [-0.15, -0.1) is 0 Å². The quantitative estimate of drug-likeness (QED) is 0.775. The first-order valence-corrected chi connectivity index (χ1v) is 6.53. The molecular formula is C13H25N3. The molecule has 2 atom stereocenters. The number of hydrogen-bond donors (Lipinski definition) is 1. The molecule has 1 saturated heterocycles. The van der Waals surface area contributed by atoms with Crippen LogP contribution in [0.5, 0.6) is 0 Å². The lowest BCUT2D eigenvalue weighted by Gasteiger charge is -2.33. The van der Waals surface area contributed by atoms with Crippen LogP contribution < -0.4 is 5.32 Å². The molecule has 0 aromatic heterocycles. The molecule has 0 radical (unpaired) electrons. The Hall–Kier alpha value is -0.590. The van der Waals surface area contributed by atoms with Gasteiger partial charge in [-0.3, -0.25) is 5.32 Å². The molecule has 92 valence electrons. The molecule has 0 aromatic carbocycles. The van der Waals surface area contributed by atoms with E-state index in [1.165, 1.54) is 25.8 Å². The van der Waals surface area contributed by atoms with Gasteiger partial charge in [0.25, 0.3) is 0 Å². The predicted octanol–water partition coefficient (Wildman–Crippen LogP) is 2.00. The lowest BCUT2D eigenvalue weighted by Crippen LogP contribution is -2.46. The van der Waals surface area contributed by atoms with E-state index < -0.39 is 0 Å². The first-order valence-electron chi connectivity index (χ1n) is 6.53. The molecule has 0 aliphatic carbocycles. The Morgan fingerprint density at radius 2 is 2.25 bits per heavy atom. The van der Waals surface area contributed by atoms with Gasteiger partial charge in [0, 0.05) is 19.1 Å². The zero-order chi connectivity index (χ0) is 12.0. The van der Waals surface area contributed by atoms with Crippen molar-refractivity contribution in [3.63, 3.8) is 0 Å². The molecule has 0 aromatic rings. The van der Waals surface area contributed by atoms with E-state index in [1.54, 1.807) is 0 Å². The van der Waals surface area contributed by atoms with Crippen molar-refractivity contribution >= 4 is 0 Å². The highest BCUT2D eigenvalue weighted by atomic mass is 15.2. The number of hydrogen-bond acceptors (Lipinski definition) is 3. The largest absolute Gasteiger partial charge is 0.300 e. The molecule has 0 spiro atoms. The molecule has 0 amide bonds. The third kappa shape index (κ3) is 4.51. The van der Waals surface area contributed by atoms with Crippen LogP contribution in [-0.2, 0) is 0 Å². The normalized spacial score (nSPS) is 24.3. The van der Waals surface area contributed by atoms with Gasteiger partial charge in [0.2, 0.25) is 0 Å². The number of nitriles is 1. The van der Waals surface area contributed by atoms with Crippen molar-refractivity contribution in [3.05, 3.63) is 0 Å². The Morgan fingerprint density at radius 1 is 1.50 bits per heavy atom. The van der Waals surface area contributed by atoms with Crippen LogP contribution in [0.1, 0.15) is 40.0 Å². The zero-order valence-corrected chi connectivity index (χ0v) is 10.9. The topological polar surface area (TPSA) is 39.1 Å². The molecule has 1 heterocycles. The van der Waals surface area contributed by atoms with E-state index in [4.69, 9.17) is 5.26 Å². The number of likely N-dealkylation sites (tertiary alicyclic amines) is 1. The highest BCUT2D eigenvalue weighted by Gasteiger charge is 2.21. The van der Waals surface area contributed by atoms with Gasteiger partial charge in [-0.05, 0) is 39.2 Å². The van der Waals surface area contributed by atoms with E-state index in [2.05, 4.69) is 37.1 Å². The van der Waals surface area contributed by atoms with Crippen LogP contribution in [0.25, 0.3) is 0 Å². The number of rotatable bonds is 5. The van der Waals surface area contributed by atoms with E-state index in [0.717, 1.165) is 19.0 Å². The van der Waals surface area contributed by atoms with Crippen molar-refractivity contribution < 1.29 is 0 Å². The second-order valence-electron chi connectivity index (χ2n) is 5.18. The minimum absolute atomic E-state index is 0.0180. The fraction of sp³-hybridized carbons (Fsp3) is 0.923. The van der Waals surface area contributed by atoms with E-state index in [-0.39, 0.29) is 6.04 Å². The summed E-state index contributed by atoms with van der Waals surface area (Å²) < 4.78 is 0. The average Bonchev–Trinajstić information content (AvgIpc) is 2.28. The van der Waals surface area contributed by atoms with Crippen molar-refractivity contribution in [3.8, 4) is 6.07 Å². The minimum Gasteiger partial charge on any atom is -0.300 e. The molecule has 16 heavy (non-hydrogen) atoms. The maximum absolute atomic E-state index is 9.09. The fourth-order valence-electron chi connectivity index (χ4n) is 2.44. The molecule has 1 aliphatic rings. The summed E-state index contributed by atoms with van der Waals surface area (Å²) in [6, 6.07) is 2.73. The van der Waals surface area contributed by atoms with Crippen LogP contribution in [-0.4, -0.2) is 36.6 Å². The summed E-state index contributed by atoms with van der Waals surface area (Å²) in [4.78, 5) is 2.45. The maximum Gasteiger partial charge on any atom is 0.108 e. The highest BCUT2D eigenvalue weighted by Crippen LogP contribution is 2.19. The third-order valence-electron chi connectivity index (χ3n) is 3.31. The van der Waals surface area contributed by atoms with Crippen molar-refractivity contribution in [2.75, 3.05) is 19.6 Å². The molecule has 1 N–H and O–H groups in total. The summed E-state index contributed by atoms with van der Waals surface area (Å²) in [5.74, 6) is 0.840. The molecule has 1 fully saturated rings. The number of nitrogens with zero attached hydrogens (tertiary/aromatic N) is 2. The van der Waals surface area contributed by atoms with Crippen LogP contribution in [0.2, 0.25) is 0 Å². The molecule has 1 aliphatic heterocycles. The third-order valence-corrected chi connectivity index (χ3v) is 3.31. The van der Waals surface area contributed by atoms with Crippen LogP contribution in [0.3, 0.4) is 0 Å². The molecule has 0 saturated carbocycles. The molecule has 0 bridgehead atoms. The Bertz CT molecular complexity index is 232. The van der Waals surface area contributed by atoms with Crippen LogP contribution in [0.15, 0.2) is 0 Å². The summed E-state index contributed by atoms with van der Waals surface area (Å²) >= 11 is 0. The van der Waals surface area contributed by atoms with Gasteiger partial charge >= 0.3 is 0 Å². The van der Waals surface area contributed by atoms with E-state index in [9.17, 15) is 0 Å². The van der Waals surface area contributed by atoms with E-state index in [1.807, 2.05) is 0 Å². The van der Waals surface area contributed by atoms with E-state index in [0.29, 0.717) is 6.04 Å². The van der Waals surface area contributed by atoms with Gasteiger partial charge in [0.05, 0.1) is 6.07 Å². The van der Waals surface area contributed by atoms with Crippen LogP contribution in [0, 0.1) is 17.2 Å². The van der Waals surface area contributed by atoms with Crippen LogP contribution >= 0.6 is 0 Å². The summed E-state index contributed by atoms with van der Waals surface area (Å²) in [5.41, 5.74) is 0. The average molecular weight is 223 g/mol. The van der Waals surface area contributed by atoms with Crippen molar-refractivity contribution in [1.82, 2.24) is 10.2 Å². The number of piperidine rings is 1. The fourth-order valence-corrected chi connectivity index (χ4v) is 2.44. The summed E-state index contributed by atoms with van der Waals surface area (Å²) in [6.45, 7) is 9.67. The molecular weight excluding hydrogens is 198 g/mol. The van der Waals surface area contributed by atoms with Crippen molar-refractivity contribution in [2.24, 2.45) is 5.92 Å². The van der Waals surface area contributed by atoms with Gasteiger partial charge < -0.3 is 4.90 Å². The Kier molecular flexibility index (Phi) is 5.79. The maximum atomic E-state index is 9.09. The Balaban J connectivity index is 2.36. The lowest BCUT2D eigenvalue weighted by molar-refractivity contribution is 0.163. The van der Waals surface area contributed by atoms with Crippen LogP contribution in [0.4, 0.5) is 0 Å². The van der Waals surface area contributed by atoms with Gasteiger partial charge in [0.15, 0.2) is 0 Å². The predicted molar refractivity (Wildman–Crippen MR) is 67.1 cm³/mol. The molecule has 2 unspecified atom stereocenters. The second-order valence-corrected chi connectivity index (χ2v) is 5.18. The Morgan fingerprint density at radius 3 is 2.81 bits per heavy atom. The SMILES string of the molecule is CCC1CCCN(CC(C#N)NC(C)C)C1. The highest BCUT2D eigenvalue weighted by molar-refractivity contribution is 4.93. The number of nitrogens with one attached hydrogen (secondary N) is 1. The first-order chi connectivity index (χ1) is 7.65. The zero-order valence-electron chi connectivity index (χ0n) is 10.9. The van der Waals surface area contributed by atoms with Crippen molar-refractivity contribution in [2.45, 2.75) is 52.1 Å². The molecule has 3 nitrogen and oxygen atoms in total. The van der Waals surface area contributed by atoms with Crippen molar-refractivity contribution in [1.29, 1.82) is 5.26 Å². The standard InChI is InChI=1S/C13H25N3/c1-4-12-6-5-7-16(9-12)10-13(8-14)15-11(2)3/h11-13,15H,4-7,9-10H2,1-3H3. The lowest BCUT2D eigenvalue weighted by atomic mass is 9.95. The monoisotopic (exact) mass is 223 g/mol. The van der Waals surface area contributed by atoms with Gasteiger partial charge in [-0.2, -0.15) is 5.26 Å². The smallest absolute Gasteiger partial charge is 0.108 e. The first kappa shape index (κ1) is 13.5. The van der Waals surface area contributed by atoms with Gasteiger partial charge in [-0.25, -0.2) is 0 Å². The van der Waals surface area contributed by atoms with Gasteiger partial charge in [-0.1, -0.05) is 13.3 Å².